The number of nitro groups is 1. The second kappa shape index (κ2) is 5.27. The first-order chi connectivity index (χ1) is 7.95. The van der Waals surface area contributed by atoms with Crippen molar-refractivity contribution in [2.24, 2.45) is 0 Å². The fourth-order valence-corrected chi connectivity index (χ4v) is 1.30. The summed E-state index contributed by atoms with van der Waals surface area (Å²) >= 11 is 0. The molecule has 1 rings (SSSR count). The molecule has 90 valence electrons. The summed E-state index contributed by atoms with van der Waals surface area (Å²) < 4.78 is 5.25. The van der Waals surface area contributed by atoms with Crippen molar-refractivity contribution in [3.8, 4) is 11.8 Å². The molecule has 0 saturated heterocycles. The van der Waals surface area contributed by atoms with Crippen LogP contribution in [0, 0.1) is 21.4 Å². The van der Waals surface area contributed by atoms with E-state index in [0.29, 0.717) is 5.56 Å². The van der Waals surface area contributed by atoms with Crippen molar-refractivity contribution in [1.82, 2.24) is 0 Å². The Kier molecular flexibility index (Phi) is 4.01. The molecule has 1 N–H and O–H groups in total. The maximum atomic E-state index is 10.6. The van der Waals surface area contributed by atoms with Gasteiger partial charge in [0.05, 0.1) is 11.0 Å². The Morgan fingerprint density at radius 3 is 2.65 bits per heavy atom. The SMILES string of the molecule is CC(C#N)Oc1ccc([N+](=O)[O-])cc1[C@H](C)O. The third kappa shape index (κ3) is 3.16. The van der Waals surface area contributed by atoms with E-state index in [4.69, 9.17) is 10.00 Å². The summed E-state index contributed by atoms with van der Waals surface area (Å²) in [6.07, 6.45) is -1.59. The average Bonchev–Trinajstić information content (AvgIpc) is 2.28. The van der Waals surface area contributed by atoms with Crippen LogP contribution in [0.15, 0.2) is 18.2 Å². The molecule has 0 amide bonds. The molecule has 0 aliphatic carbocycles. The predicted octanol–water partition coefficient (Wildman–Crippen LogP) is 1.94. The molecule has 1 aromatic rings. The largest absolute Gasteiger partial charge is 0.475 e. The molecule has 6 heteroatoms. The van der Waals surface area contributed by atoms with Gasteiger partial charge in [-0.25, -0.2) is 0 Å². The molecule has 0 aliphatic rings. The van der Waals surface area contributed by atoms with Crippen molar-refractivity contribution in [3.05, 3.63) is 33.9 Å². The minimum atomic E-state index is -0.907. The van der Waals surface area contributed by atoms with Gasteiger partial charge in [0.1, 0.15) is 11.8 Å². The highest BCUT2D eigenvalue weighted by Gasteiger charge is 2.16. The van der Waals surface area contributed by atoms with Gasteiger partial charge in [-0.05, 0) is 19.9 Å². The number of rotatable bonds is 4. The molecule has 6 nitrogen and oxygen atoms in total. The average molecular weight is 236 g/mol. The second-order valence-corrected chi connectivity index (χ2v) is 3.54. The third-order valence-electron chi connectivity index (χ3n) is 2.14. The molecule has 0 spiro atoms. The lowest BCUT2D eigenvalue weighted by Gasteiger charge is -2.14. The zero-order valence-electron chi connectivity index (χ0n) is 9.45. The fourth-order valence-electron chi connectivity index (χ4n) is 1.30. The Bertz CT molecular complexity index is 465. The van der Waals surface area contributed by atoms with Crippen molar-refractivity contribution in [3.63, 3.8) is 0 Å². The van der Waals surface area contributed by atoms with Gasteiger partial charge in [0.15, 0.2) is 6.10 Å². The van der Waals surface area contributed by atoms with Crippen molar-refractivity contribution >= 4 is 5.69 Å². The zero-order chi connectivity index (χ0) is 13.0. The van der Waals surface area contributed by atoms with Gasteiger partial charge >= 0.3 is 0 Å². The number of hydrogen-bond donors (Lipinski definition) is 1. The number of nitro benzene ring substituents is 1. The molecule has 17 heavy (non-hydrogen) atoms. The Morgan fingerprint density at radius 1 is 1.53 bits per heavy atom. The summed E-state index contributed by atoms with van der Waals surface area (Å²) in [5, 5.41) is 28.7. The fraction of sp³-hybridized carbons (Fsp3) is 0.364. The van der Waals surface area contributed by atoms with E-state index in [1.807, 2.05) is 6.07 Å². The van der Waals surface area contributed by atoms with Crippen LogP contribution in [0.3, 0.4) is 0 Å². The number of ether oxygens (including phenoxy) is 1. The highest BCUT2D eigenvalue weighted by molar-refractivity contribution is 5.45. The molecule has 0 aliphatic heterocycles. The van der Waals surface area contributed by atoms with E-state index in [9.17, 15) is 15.2 Å². The van der Waals surface area contributed by atoms with Gasteiger partial charge in [0.2, 0.25) is 0 Å². The van der Waals surface area contributed by atoms with Crippen LogP contribution in [0.25, 0.3) is 0 Å². The molecule has 1 aromatic carbocycles. The van der Waals surface area contributed by atoms with E-state index in [1.54, 1.807) is 6.92 Å². The van der Waals surface area contributed by atoms with Crippen LogP contribution in [0.2, 0.25) is 0 Å². The molecule has 1 unspecified atom stereocenters. The van der Waals surface area contributed by atoms with Crippen molar-refractivity contribution in [2.45, 2.75) is 26.1 Å². The number of aliphatic hydroxyl groups is 1. The van der Waals surface area contributed by atoms with Crippen LogP contribution in [0.1, 0.15) is 25.5 Å². The quantitative estimate of drug-likeness (QED) is 0.636. The maximum absolute atomic E-state index is 10.6. The second-order valence-electron chi connectivity index (χ2n) is 3.54. The normalized spacial score (nSPS) is 13.5. The molecular weight excluding hydrogens is 224 g/mol. The highest BCUT2D eigenvalue weighted by atomic mass is 16.6. The number of benzene rings is 1. The highest BCUT2D eigenvalue weighted by Crippen LogP contribution is 2.29. The summed E-state index contributed by atoms with van der Waals surface area (Å²) in [5.74, 6) is 0.277. The first-order valence-electron chi connectivity index (χ1n) is 4.98. The van der Waals surface area contributed by atoms with Crippen LogP contribution in [-0.4, -0.2) is 16.1 Å². The summed E-state index contributed by atoms with van der Waals surface area (Å²) in [5.41, 5.74) is 0.166. The van der Waals surface area contributed by atoms with E-state index in [1.165, 1.54) is 25.1 Å². The molecule has 0 radical (unpaired) electrons. The van der Waals surface area contributed by atoms with Gasteiger partial charge in [-0.1, -0.05) is 0 Å². The Morgan fingerprint density at radius 2 is 2.18 bits per heavy atom. The molecule has 0 aromatic heterocycles. The monoisotopic (exact) mass is 236 g/mol. The smallest absolute Gasteiger partial charge is 0.270 e. The molecular formula is C11H12N2O4. The number of non-ortho nitro benzene ring substituents is 1. The Balaban J connectivity index is 3.14. The van der Waals surface area contributed by atoms with Crippen molar-refractivity contribution < 1.29 is 14.8 Å². The van der Waals surface area contributed by atoms with Crippen molar-refractivity contribution in [1.29, 1.82) is 5.26 Å². The van der Waals surface area contributed by atoms with Crippen LogP contribution >= 0.6 is 0 Å². The van der Waals surface area contributed by atoms with E-state index in [-0.39, 0.29) is 11.4 Å². The number of hydrogen-bond acceptors (Lipinski definition) is 5. The lowest BCUT2D eigenvalue weighted by atomic mass is 10.1. The predicted molar refractivity (Wildman–Crippen MR) is 59.4 cm³/mol. The zero-order valence-corrected chi connectivity index (χ0v) is 9.45. The van der Waals surface area contributed by atoms with Gasteiger partial charge in [-0.15, -0.1) is 0 Å². The first kappa shape index (κ1) is 12.9. The van der Waals surface area contributed by atoms with E-state index in [2.05, 4.69) is 0 Å². The lowest BCUT2D eigenvalue weighted by molar-refractivity contribution is -0.385. The van der Waals surface area contributed by atoms with Gasteiger partial charge in [-0.2, -0.15) is 5.26 Å². The topological polar surface area (TPSA) is 96.4 Å². The molecule has 0 bridgehead atoms. The van der Waals surface area contributed by atoms with Gasteiger partial charge < -0.3 is 9.84 Å². The molecule has 2 atom stereocenters. The number of nitrogens with zero attached hydrogens (tertiary/aromatic N) is 2. The van der Waals surface area contributed by atoms with Crippen LogP contribution in [0.4, 0.5) is 5.69 Å². The summed E-state index contributed by atoms with van der Waals surface area (Å²) in [4.78, 5) is 10.0. The van der Waals surface area contributed by atoms with Gasteiger partial charge in [0.25, 0.3) is 5.69 Å². The third-order valence-corrected chi connectivity index (χ3v) is 2.14. The number of aliphatic hydroxyl groups excluding tert-OH is 1. The molecule has 0 saturated carbocycles. The molecule has 0 fully saturated rings. The van der Waals surface area contributed by atoms with E-state index >= 15 is 0 Å². The minimum Gasteiger partial charge on any atom is -0.475 e. The van der Waals surface area contributed by atoms with E-state index < -0.39 is 17.1 Å². The van der Waals surface area contributed by atoms with Crippen LogP contribution < -0.4 is 4.74 Å². The van der Waals surface area contributed by atoms with Crippen molar-refractivity contribution in [2.75, 3.05) is 0 Å². The Labute approximate surface area is 98.2 Å². The van der Waals surface area contributed by atoms with E-state index in [0.717, 1.165) is 0 Å². The Hall–Kier alpha value is -2.13. The standard InChI is InChI=1S/C11H12N2O4/c1-7(6-12)17-11-4-3-9(13(15)16)5-10(11)8(2)14/h3-5,7-8,14H,1-2H3/t7?,8-/m0/s1. The maximum Gasteiger partial charge on any atom is 0.270 e. The van der Waals surface area contributed by atoms with Gasteiger partial charge in [0, 0.05) is 17.7 Å². The van der Waals surface area contributed by atoms with Gasteiger partial charge in [-0.3, -0.25) is 10.1 Å². The summed E-state index contributed by atoms with van der Waals surface area (Å²) in [7, 11) is 0. The summed E-state index contributed by atoms with van der Waals surface area (Å²) in [6, 6.07) is 5.77. The molecule has 0 heterocycles. The number of nitriles is 1. The lowest BCUT2D eigenvalue weighted by Crippen LogP contribution is -2.10. The first-order valence-corrected chi connectivity index (χ1v) is 4.98. The van der Waals surface area contributed by atoms with Crippen LogP contribution in [-0.2, 0) is 0 Å². The summed E-state index contributed by atoms with van der Waals surface area (Å²) in [6.45, 7) is 3.02. The minimum absolute atomic E-state index is 0.127. The van der Waals surface area contributed by atoms with Crippen LogP contribution in [0.5, 0.6) is 5.75 Å².